The van der Waals surface area contributed by atoms with E-state index in [2.05, 4.69) is 133 Å². The van der Waals surface area contributed by atoms with Crippen molar-refractivity contribution in [1.82, 2.24) is 0 Å². The summed E-state index contributed by atoms with van der Waals surface area (Å²) >= 11 is 0. The van der Waals surface area contributed by atoms with Crippen molar-refractivity contribution in [1.29, 1.82) is 0 Å². The lowest BCUT2D eigenvalue weighted by Crippen LogP contribution is -2.18. The van der Waals surface area contributed by atoms with Crippen LogP contribution in [0.15, 0.2) is 109 Å². The minimum atomic E-state index is 0.878. The van der Waals surface area contributed by atoms with Crippen LogP contribution in [0.1, 0.15) is 46.2 Å². The highest BCUT2D eigenvalue weighted by molar-refractivity contribution is 5.79. The number of nitrogens with zero attached hydrogens (tertiary/aromatic N) is 1. The van der Waals surface area contributed by atoms with Crippen molar-refractivity contribution >= 4 is 23.9 Å². The van der Waals surface area contributed by atoms with Gasteiger partial charge in [0.1, 0.15) is 0 Å². The van der Waals surface area contributed by atoms with Gasteiger partial charge >= 0.3 is 0 Å². The molecule has 0 N–H and O–H groups in total. The Hall–Kier alpha value is -4.36. The average Bonchev–Trinajstić information content (AvgIpc) is 3.00. The normalized spacial score (nSPS) is 16.2. The van der Waals surface area contributed by atoms with Gasteiger partial charge in [-0.25, -0.2) is 0 Å². The van der Waals surface area contributed by atoms with E-state index >= 15 is 0 Å². The molecule has 0 spiro atoms. The molecule has 1 heterocycles. The molecule has 190 valence electrons. The molecule has 0 unspecified atom stereocenters. The molecule has 0 atom stereocenters. The summed E-state index contributed by atoms with van der Waals surface area (Å²) in [6, 6.07) is 29.7. The van der Waals surface area contributed by atoms with Gasteiger partial charge in [0.25, 0.3) is 0 Å². The molecule has 0 saturated heterocycles. The molecule has 3 aliphatic rings. The molecule has 1 nitrogen and oxygen atoms in total. The highest BCUT2D eigenvalue weighted by Crippen LogP contribution is 2.34. The monoisotopic (exact) mass is 503 g/mol. The predicted octanol–water partition coefficient (Wildman–Crippen LogP) is 9.53. The Labute approximate surface area is 232 Å². The molecule has 4 aromatic rings. The number of benzene rings is 4. The summed E-state index contributed by atoms with van der Waals surface area (Å²) in [5.74, 6) is 0. The standard InChI is InChI=1S/C38H33N/c1-39-37(21-19-30-10-6-7-13-38(30)39)20-14-27-22-35(33-17-15-28-8-2-4-11-31(28)24-33)26-36(23-27)34-18-16-29-9-3-5-12-32(29)25-34/h4-7,10-13,15-26H,2-3,8-9,14H2,1H3/b37-20-. The highest BCUT2D eigenvalue weighted by Gasteiger charge is 2.14. The zero-order valence-corrected chi connectivity index (χ0v) is 22.5. The molecule has 0 radical (unpaired) electrons. The van der Waals surface area contributed by atoms with Gasteiger partial charge in [-0.2, -0.15) is 0 Å². The Morgan fingerprint density at radius 1 is 0.615 bits per heavy atom. The van der Waals surface area contributed by atoms with Gasteiger partial charge in [0.05, 0.1) is 0 Å². The van der Waals surface area contributed by atoms with E-state index in [0.29, 0.717) is 0 Å². The fourth-order valence-electron chi connectivity index (χ4n) is 6.14. The molecule has 1 heteroatoms. The summed E-state index contributed by atoms with van der Waals surface area (Å²) in [6.45, 7) is 0. The van der Waals surface area contributed by atoms with Crippen LogP contribution in [0, 0.1) is 0 Å². The van der Waals surface area contributed by atoms with Gasteiger partial charge in [0.15, 0.2) is 0 Å². The van der Waals surface area contributed by atoms with Crippen molar-refractivity contribution in [2.45, 2.75) is 32.1 Å². The van der Waals surface area contributed by atoms with E-state index in [1.165, 1.54) is 67.0 Å². The topological polar surface area (TPSA) is 3.24 Å². The first kappa shape index (κ1) is 23.7. The molecular formula is C38H33N. The summed E-state index contributed by atoms with van der Waals surface area (Å²) in [4.78, 5) is 2.30. The van der Waals surface area contributed by atoms with Crippen molar-refractivity contribution in [3.8, 4) is 22.3 Å². The van der Waals surface area contributed by atoms with Crippen LogP contribution in [0.3, 0.4) is 0 Å². The number of likely N-dealkylation sites (N-methyl/N-ethyl adjacent to an activating group) is 1. The lowest BCUT2D eigenvalue weighted by molar-refractivity contribution is 0.986. The first-order chi connectivity index (χ1) is 19.2. The number of aryl methyl sites for hydroxylation is 2. The number of anilines is 1. The maximum absolute atomic E-state index is 2.38. The van der Waals surface area contributed by atoms with E-state index < -0.39 is 0 Å². The molecule has 0 bridgehead atoms. The van der Waals surface area contributed by atoms with E-state index in [1.54, 1.807) is 0 Å². The maximum Gasteiger partial charge on any atom is 0.0481 e. The SMILES string of the molecule is CN1/C(=C\Cc2cc(-c3ccc4c(c3)C=CCC4)cc(-c3ccc4c(c3)C=CCC4)c2)C=Cc2ccccc21. The molecular weight excluding hydrogens is 470 g/mol. The number of hydrogen-bond donors (Lipinski definition) is 0. The van der Waals surface area contributed by atoms with Gasteiger partial charge in [-0.15, -0.1) is 0 Å². The molecule has 0 aromatic heterocycles. The van der Waals surface area contributed by atoms with E-state index in [9.17, 15) is 0 Å². The Kier molecular flexibility index (Phi) is 6.13. The van der Waals surface area contributed by atoms with Gasteiger partial charge < -0.3 is 4.90 Å². The second-order valence-corrected chi connectivity index (χ2v) is 10.9. The molecule has 0 amide bonds. The van der Waals surface area contributed by atoms with Crippen molar-refractivity contribution in [2.75, 3.05) is 11.9 Å². The Morgan fingerprint density at radius 3 is 1.92 bits per heavy atom. The van der Waals surface area contributed by atoms with E-state index in [0.717, 1.165) is 32.1 Å². The van der Waals surface area contributed by atoms with Gasteiger partial charge in [-0.3, -0.25) is 0 Å². The first-order valence-corrected chi connectivity index (χ1v) is 14.2. The van der Waals surface area contributed by atoms with Crippen LogP contribution in [0.25, 0.3) is 40.5 Å². The number of fused-ring (bicyclic) bond motifs is 3. The lowest BCUT2D eigenvalue weighted by atomic mass is 9.89. The van der Waals surface area contributed by atoms with Crippen molar-refractivity contribution in [3.63, 3.8) is 0 Å². The minimum Gasteiger partial charge on any atom is -0.344 e. The van der Waals surface area contributed by atoms with E-state index in [-0.39, 0.29) is 0 Å². The van der Waals surface area contributed by atoms with Crippen LogP contribution in [0.2, 0.25) is 0 Å². The molecule has 39 heavy (non-hydrogen) atoms. The smallest absolute Gasteiger partial charge is 0.0481 e. The highest BCUT2D eigenvalue weighted by atomic mass is 15.1. The molecule has 2 aliphatic carbocycles. The number of rotatable bonds is 4. The molecule has 0 fully saturated rings. The van der Waals surface area contributed by atoms with Crippen LogP contribution >= 0.6 is 0 Å². The predicted molar refractivity (Wildman–Crippen MR) is 168 cm³/mol. The third kappa shape index (κ3) is 4.70. The first-order valence-electron chi connectivity index (χ1n) is 14.2. The summed E-state index contributed by atoms with van der Waals surface area (Å²) in [5.41, 5.74) is 15.9. The van der Waals surface area contributed by atoms with Gasteiger partial charge in [0.2, 0.25) is 0 Å². The van der Waals surface area contributed by atoms with Gasteiger partial charge in [-0.05, 0) is 118 Å². The average molecular weight is 504 g/mol. The maximum atomic E-state index is 2.38. The molecule has 1 aliphatic heterocycles. The summed E-state index contributed by atoms with van der Waals surface area (Å²) in [5, 5.41) is 0. The van der Waals surface area contributed by atoms with E-state index in [1.807, 2.05) is 0 Å². The zero-order chi connectivity index (χ0) is 26.2. The number of allylic oxidation sites excluding steroid dienone is 4. The van der Waals surface area contributed by atoms with Gasteiger partial charge in [0, 0.05) is 18.4 Å². The largest absolute Gasteiger partial charge is 0.344 e. The zero-order valence-electron chi connectivity index (χ0n) is 22.5. The quantitative estimate of drug-likeness (QED) is 0.268. The van der Waals surface area contributed by atoms with Crippen LogP contribution in [0.4, 0.5) is 5.69 Å². The fourth-order valence-corrected chi connectivity index (χ4v) is 6.14. The molecule has 0 saturated carbocycles. The second kappa shape index (κ2) is 10.1. The Morgan fingerprint density at radius 2 is 1.26 bits per heavy atom. The summed E-state index contributed by atoms with van der Waals surface area (Å²) in [6.07, 6.45) is 21.4. The third-order valence-electron chi connectivity index (χ3n) is 8.37. The lowest BCUT2D eigenvalue weighted by Gasteiger charge is -2.26. The fraction of sp³-hybridized carbons (Fsp3) is 0.158. The number of para-hydroxylation sites is 1. The third-order valence-corrected chi connectivity index (χ3v) is 8.37. The summed E-state index contributed by atoms with van der Waals surface area (Å²) in [7, 11) is 2.16. The van der Waals surface area contributed by atoms with Crippen LogP contribution < -0.4 is 4.90 Å². The minimum absolute atomic E-state index is 0.878. The van der Waals surface area contributed by atoms with Crippen LogP contribution in [-0.4, -0.2) is 7.05 Å². The van der Waals surface area contributed by atoms with Gasteiger partial charge in [-0.1, -0.05) is 91.1 Å². The van der Waals surface area contributed by atoms with Crippen LogP contribution in [0.5, 0.6) is 0 Å². The Bertz CT molecular complexity index is 1610. The molecule has 4 aromatic carbocycles. The van der Waals surface area contributed by atoms with E-state index in [4.69, 9.17) is 0 Å². The van der Waals surface area contributed by atoms with Crippen molar-refractivity contribution < 1.29 is 0 Å². The molecule has 7 rings (SSSR count). The van der Waals surface area contributed by atoms with Crippen molar-refractivity contribution in [2.24, 2.45) is 0 Å². The number of hydrogen-bond acceptors (Lipinski definition) is 1. The second-order valence-electron chi connectivity index (χ2n) is 10.9. The van der Waals surface area contributed by atoms with Crippen molar-refractivity contribution in [3.05, 3.63) is 142 Å². The Balaban J connectivity index is 1.29. The summed E-state index contributed by atoms with van der Waals surface area (Å²) < 4.78 is 0. The van der Waals surface area contributed by atoms with Crippen LogP contribution in [-0.2, 0) is 19.3 Å².